The van der Waals surface area contributed by atoms with Gasteiger partial charge in [-0.1, -0.05) is 29.8 Å². The van der Waals surface area contributed by atoms with E-state index in [0.717, 1.165) is 17.4 Å². The van der Waals surface area contributed by atoms with Crippen molar-refractivity contribution in [2.45, 2.75) is 6.92 Å². The summed E-state index contributed by atoms with van der Waals surface area (Å²) in [6.07, 6.45) is 1.09. The lowest BCUT2D eigenvalue weighted by Gasteiger charge is -2.15. The molecule has 0 saturated heterocycles. The van der Waals surface area contributed by atoms with Crippen LogP contribution in [-0.4, -0.2) is 39.5 Å². The normalized spacial score (nSPS) is 12.6. The number of benzene rings is 1. The van der Waals surface area contributed by atoms with Crippen LogP contribution in [0.4, 0.5) is 0 Å². The zero-order valence-electron chi connectivity index (χ0n) is 9.93. The zero-order chi connectivity index (χ0) is 12.3. The van der Waals surface area contributed by atoms with Crippen molar-refractivity contribution >= 4 is 15.9 Å². The van der Waals surface area contributed by atoms with Crippen LogP contribution in [0, 0.1) is 6.92 Å². The van der Waals surface area contributed by atoms with Gasteiger partial charge in [-0.15, -0.1) is 4.40 Å². The summed E-state index contributed by atoms with van der Waals surface area (Å²) in [5.74, 6) is 0.447. The summed E-state index contributed by atoms with van der Waals surface area (Å²) in [6, 6.07) is 7.58. The summed E-state index contributed by atoms with van der Waals surface area (Å²) in [6.45, 7) is 1.98. The van der Waals surface area contributed by atoms with Crippen LogP contribution in [0.25, 0.3) is 0 Å². The molecule has 0 heterocycles. The summed E-state index contributed by atoms with van der Waals surface area (Å²) >= 11 is 0. The van der Waals surface area contributed by atoms with Crippen molar-refractivity contribution in [2.24, 2.45) is 4.40 Å². The van der Waals surface area contributed by atoms with Gasteiger partial charge in [-0.05, 0) is 6.92 Å². The van der Waals surface area contributed by atoms with Gasteiger partial charge in [0.05, 0.1) is 6.26 Å². The number of hydrogen-bond donors (Lipinski definition) is 0. The van der Waals surface area contributed by atoms with Gasteiger partial charge in [0.25, 0.3) is 10.0 Å². The molecule has 0 atom stereocenters. The first-order valence-electron chi connectivity index (χ1n) is 4.84. The topological polar surface area (TPSA) is 49.7 Å². The highest BCUT2D eigenvalue weighted by atomic mass is 32.2. The van der Waals surface area contributed by atoms with Crippen molar-refractivity contribution in [3.05, 3.63) is 35.4 Å². The smallest absolute Gasteiger partial charge is 0.252 e. The molecule has 0 bridgehead atoms. The highest BCUT2D eigenvalue weighted by molar-refractivity contribution is 7.89. The molecule has 0 aliphatic rings. The maximum Gasteiger partial charge on any atom is 0.252 e. The maximum atomic E-state index is 11.2. The number of sulfonamides is 1. The molecule has 0 spiro atoms. The van der Waals surface area contributed by atoms with E-state index in [1.807, 2.05) is 31.2 Å². The molecule has 0 aliphatic heterocycles. The quantitative estimate of drug-likeness (QED) is 0.577. The lowest BCUT2D eigenvalue weighted by atomic mass is 10.1. The molecule has 0 fully saturated rings. The molecule has 1 aromatic rings. The molecule has 1 aromatic carbocycles. The molecule has 1 rings (SSSR count). The fraction of sp³-hybridized carbons (Fsp3) is 0.364. The van der Waals surface area contributed by atoms with Crippen molar-refractivity contribution in [1.29, 1.82) is 0 Å². The molecule has 0 radical (unpaired) electrons. The summed E-state index contributed by atoms with van der Waals surface area (Å²) < 4.78 is 26.1. The lowest BCUT2D eigenvalue weighted by molar-refractivity contribution is 0.597. The van der Waals surface area contributed by atoms with E-state index < -0.39 is 10.0 Å². The molecule has 4 nitrogen and oxygen atoms in total. The minimum absolute atomic E-state index is 0.447. The van der Waals surface area contributed by atoms with Crippen LogP contribution in [-0.2, 0) is 10.0 Å². The number of nitrogens with zero attached hydrogens (tertiary/aromatic N) is 2. The monoisotopic (exact) mass is 240 g/mol. The predicted octanol–water partition coefficient (Wildman–Crippen LogP) is 1.26. The first kappa shape index (κ1) is 12.7. The van der Waals surface area contributed by atoms with Gasteiger partial charge in [-0.2, -0.15) is 0 Å². The number of rotatable bonds is 2. The van der Waals surface area contributed by atoms with E-state index >= 15 is 0 Å². The van der Waals surface area contributed by atoms with Gasteiger partial charge in [-0.3, -0.25) is 0 Å². The van der Waals surface area contributed by atoms with Crippen LogP contribution in [0.5, 0.6) is 0 Å². The standard InChI is InChI=1S/C11H16N2O2S/c1-9-5-7-10(8-6-9)11(13(2)3)12-16(4,14)15/h5-8H,1-4H3/b12-11-. The first-order chi connectivity index (χ1) is 7.29. The van der Waals surface area contributed by atoms with E-state index in [-0.39, 0.29) is 0 Å². The fourth-order valence-electron chi connectivity index (χ4n) is 1.25. The third-order valence-corrected chi connectivity index (χ3v) is 2.49. The average Bonchev–Trinajstić information content (AvgIpc) is 2.14. The number of aryl methyl sites for hydroxylation is 1. The molecule has 0 amide bonds. The maximum absolute atomic E-state index is 11.2. The molecule has 0 aliphatic carbocycles. The summed E-state index contributed by atoms with van der Waals surface area (Å²) in [7, 11) is 0.155. The van der Waals surface area contributed by atoms with E-state index in [1.165, 1.54) is 0 Å². The van der Waals surface area contributed by atoms with E-state index in [1.54, 1.807) is 19.0 Å². The molecule has 0 saturated carbocycles. The van der Waals surface area contributed by atoms with Crippen LogP contribution in [0.15, 0.2) is 28.7 Å². The molecule has 0 unspecified atom stereocenters. The van der Waals surface area contributed by atoms with E-state index in [9.17, 15) is 8.42 Å². The number of hydrogen-bond acceptors (Lipinski definition) is 2. The van der Waals surface area contributed by atoms with Crippen LogP contribution >= 0.6 is 0 Å². The van der Waals surface area contributed by atoms with Gasteiger partial charge in [0.1, 0.15) is 5.84 Å². The van der Waals surface area contributed by atoms with Crippen LogP contribution in [0.2, 0.25) is 0 Å². The van der Waals surface area contributed by atoms with Gasteiger partial charge < -0.3 is 4.90 Å². The van der Waals surface area contributed by atoms with E-state index in [0.29, 0.717) is 5.84 Å². The molecular weight excluding hydrogens is 224 g/mol. The Balaban J connectivity index is 3.24. The fourth-order valence-corrected chi connectivity index (χ4v) is 1.84. The van der Waals surface area contributed by atoms with Crippen LogP contribution in [0.3, 0.4) is 0 Å². The molecule has 0 aromatic heterocycles. The molecule has 0 N–H and O–H groups in total. The summed E-state index contributed by atoms with van der Waals surface area (Å²) in [5, 5.41) is 0. The van der Waals surface area contributed by atoms with E-state index in [4.69, 9.17) is 0 Å². The van der Waals surface area contributed by atoms with Crippen molar-refractivity contribution in [3.63, 3.8) is 0 Å². The highest BCUT2D eigenvalue weighted by Gasteiger charge is 2.09. The van der Waals surface area contributed by atoms with Crippen molar-refractivity contribution in [2.75, 3.05) is 20.4 Å². The lowest BCUT2D eigenvalue weighted by Crippen LogP contribution is -2.24. The minimum Gasteiger partial charge on any atom is -0.362 e. The third kappa shape index (κ3) is 3.66. The summed E-state index contributed by atoms with van der Waals surface area (Å²) in [4.78, 5) is 1.69. The first-order valence-corrected chi connectivity index (χ1v) is 6.69. The minimum atomic E-state index is -3.38. The number of amidine groups is 1. The van der Waals surface area contributed by atoms with Gasteiger partial charge >= 0.3 is 0 Å². The zero-order valence-corrected chi connectivity index (χ0v) is 10.7. The molecule has 16 heavy (non-hydrogen) atoms. The Morgan fingerprint density at radius 3 is 2.06 bits per heavy atom. The van der Waals surface area contributed by atoms with Crippen molar-refractivity contribution in [3.8, 4) is 0 Å². The Morgan fingerprint density at radius 2 is 1.69 bits per heavy atom. The largest absolute Gasteiger partial charge is 0.362 e. The Morgan fingerprint density at radius 1 is 1.19 bits per heavy atom. The third-order valence-electron chi connectivity index (χ3n) is 1.99. The van der Waals surface area contributed by atoms with E-state index in [2.05, 4.69) is 4.40 Å². The van der Waals surface area contributed by atoms with Gasteiger partial charge in [0, 0.05) is 19.7 Å². The predicted molar refractivity (Wildman–Crippen MR) is 66.2 cm³/mol. The average molecular weight is 240 g/mol. The second kappa shape index (κ2) is 4.65. The van der Waals surface area contributed by atoms with Crippen molar-refractivity contribution in [1.82, 2.24) is 4.90 Å². The second-order valence-electron chi connectivity index (χ2n) is 3.91. The van der Waals surface area contributed by atoms with Crippen LogP contribution in [0.1, 0.15) is 11.1 Å². The van der Waals surface area contributed by atoms with Gasteiger partial charge in [-0.25, -0.2) is 8.42 Å². The van der Waals surface area contributed by atoms with Gasteiger partial charge in [0.2, 0.25) is 0 Å². The second-order valence-corrected chi connectivity index (χ2v) is 5.56. The highest BCUT2D eigenvalue weighted by Crippen LogP contribution is 2.07. The van der Waals surface area contributed by atoms with Crippen molar-refractivity contribution < 1.29 is 8.42 Å². The van der Waals surface area contributed by atoms with Gasteiger partial charge in [0.15, 0.2) is 0 Å². The summed E-state index contributed by atoms with van der Waals surface area (Å²) in [5.41, 5.74) is 1.92. The molecule has 5 heteroatoms. The Kier molecular flexibility index (Phi) is 3.70. The van der Waals surface area contributed by atoms with Crippen LogP contribution < -0.4 is 0 Å². The Bertz CT molecular complexity index is 487. The Hall–Kier alpha value is -1.36. The molecule has 88 valence electrons. The molecular formula is C11H16N2O2S. The Labute approximate surface area is 96.7 Å². The SMILES string of the molecule is Cc1ccc(/C(=N/S(C)(=O)=O)N(C)C)cc1.